The monoisotopic (exact) mass is 265 g/mol. The van der Waals surface area contributed by atoms with E-state index >= 15 is 0 Å². The van der Waals surface area contributed by atoms with E-state index in [1.807, 2.05) is 18.2 Å². The summed E-state index contributed by atoms with van der Waals surface area (Å²) in [6, 6.07) is 7.40. The van der Waals surface area contributed by atoms with Gasteiger partial charge >= 0.3 is 0 Å². The van der Waals surface area contributed by atoms with Crippen molar-refractivity contribution in [3.05, 3.63) is 35.4 Å². The van der Waals surface area contributed by atoms with Crippen LogP contribution in [-0.2, 0) is 20.0 Å². The van der Waals surface area contributed by atoms with Gasteiger partial charge in [-0.05, 0) is 11.5 Å². The van der Waals surface area contributed by atoms with E-state index in [2.05, 4.69) is 5.92 Å². The highest BCUT2D eigenvalue weighted by Gasteiger charge is 2.43. The number of nitrogens with two attached hydrogens (primary N) is 1. The molecule has 4 nitrogen and oxygen atoms in total. The summed E-state index contributed by atoms with van der Waals surface area (Å²) in [5, 5.41) is 0. The summed E-state index contributed by atoms with van der Waals surface area (Å²) in [5.74, 6) is 2.63. The van der Waals surface area contributed by atoms with Crippen LogP contribution >= 0.6 is 0 Å². The molecule has 2 atom stereocenters. The van der Waals surface area contributed by atoms with Gasteiger partial charge in [0.25, 0.3) is 10.1 Å². The Hall–Kier alpha value is -1.35. The lowest BCUT2D eigenvalue weighted by molar-refractivity contribution is 0.0794. The highest BCUT2D eigenvalue weighted by molar-refractivity contribution is 7.86. The first kappa shape index (κ1) is 13.1. The SMILES string of the molecule is C#CC[C@@H]1C[C@@](N)(OS(C)(=O)=O)c2ccccc21. The maximum absolute atomic E-state index is 11.3. The first-order chi connectivity index (χ1) is 8.36. The second-order valence-electron chi connectivity index (χ2n) is 4.57. The van der Waals surface area contributed by atoms with E-state index in [0.29, 0.717) is 18.4 Å². The lowest BCUT2D eigenvalue weighted by Gasteiger charge is -2.24. The summed E-state index contributed by atoms with van der Waals surface area (Å²) in [4.78, 5) is 0. The van der Waals surface area contributed by atoms with E-state index in [1.54, 1.807) is 6.07 Å². The van der Waals surface area contributed by atoms with Gasteiger partial charge in [0.15, 0.2) is 5.72 Å². The van der Waals surface area contributed by atoms with Crippen LogP contribution in [0.15, 0.2) is 24.3 Å². The van der Waals surface area contributed by atoms with Gasteiger partial charge in [-0.1, -0.05) is 24.3 Å². The van der Waals surface area contributed by atoms with Crippen LogP contribution in [0.3, 0.4) is 0 Å². The van der Waals surface area contributed by atoms with Gasteiger partial charge in [0, 0.05) is 18.4 Å². The van der Waals surface area contributed by atoms with E-state index < -0.39 is 15.8 Å². The summed E-state index contributed by atoms with van der Waals surface area (Å²) in [7, 11) is -3.62. The van der Waals surface area contributed by atoms with Crippen molar-refractivity contribution in [2.75, 3.05) is 6.26 Å². The average Bonchev–Trinajstić information content (AvgIpc) is 2.51. The minimum Gasteiger partial charge on any atom is -0.298 e. The van der Waals surface area contributed by atoms with Gasteiger partial charge in [-0.15, -0.1) is 12.3 Å². The first-order valence-electron chi connectivity index (χ1n) is 5.58. The fraction of sp³-hybridized carbons (Fsp3) is 0.385. The molecule has 1 aliphatic rings. The molecular formula is C13H15NO3S. The van der Waals surface area contributed by atoms with Crippen molar-refractivity contribution in [2.45, 2.75) is 24.5 Å². The Morgan fingerprint density at radius 3 is 2.83 bits per heavy atom. The van der Waals surface area contributed by atoms with Crippen LogP contribution in [0, 0.1) is 12.3 Å². The zero-order valence-corrected chi connectivity index (χ0v) is 10.9. The van der Waals surface area contributed by atoms with E-state index in [-0.39, 0.29) is 5.92 Å². The van der Waals surface area contributed by atoms with E-state index in [9.17, 15) is 8.42 Å². The van der Waals surface area contributed by atoms with Crippen LogP contribution < -0.4 is 5.73 Å². The normalized spacial score (nSPS) is 26.6. The zero-order valence-electron chi connectivity index (χ0n) is 10.1. The van der Waals surface area contributed by atoms with Crippen molar-refractivity contribution >= 4 is 10.1 Å². The standard InChI is InChI=1S/C13H15NO3S/c1-3-6-10-9-13(14,17-18(2,15)16)12-8-5-4-7-11(10)12/h1,4-5,7-8,10H,6,9,14H2,2H3/t10-,13-/m1/s1. The van der Waals surface area contributed by atoms with Crippen molar-refractivity contribution in [1.82, 2.24) is 0 Å². The lowest BCUT2D eigenvalue weighted by atomic mass is 9.98. The Morgan fingerprint density at radius 1 is 1.56 bits per heavy atom. The smallest absolute Gasteiger partial charge is 0.266 e. The van der Waals surface area contributed by atoms with E-state index in [0.717, 1.165) is 11.8 Å². The molecule has 2 rings (SSSR count). The fourth-order valence-corrected chi connectivity index (χ4v) is 3.20. The minimum absolute atomic E-state index is 0.0398. The predicted octanol–water partition coefficient (Wildman–Crippen LogP) is 1.28. The highest BCUT2D eigenvalue weighted by atomic mass is 32.2. The molecule has 96 valence electrons. The van der Waals surface area contributed by atoms with Gasteiger partial charge in [-0.3, -0.25) is 5.73 Å². The minimum atomic E-state index is -3.62. The van der Waals surface area contributed by atoms with E-state index in [4.69, 9.17) is 16.3 Å². The molecule has 0 heterocycles. The molecule has 0 aromatic heterocycles. The van der Waals surface area contributed by atoms with Crippen molar-refractivity contribution < 1.29 is 12.6 Å². The molecule has 0 saturated heterocycles. The maximum atomic E-state index is 11.3. The lowest BCUT2D eigenvalue weighted by Crippen LogP contribution is -2.39. The van der Waals surface area contributed by atoms with Gasteiger partial charge in [-0.2, -0.15) is 8.42 Å². The van der Waals surface area contributed by atoms with Gasteiger partial charge in [-0.25, -0.2) is 4.18 Å². The summed E-state index contributed by atoms with van der Waals surface area (Å²) in [6.45, 7) is 0. The second kappa shape index (κ2) is 4.39. The number of fused-ring (bicyclic) bond motifs is 1. The molecule has 0 amide bonds. The van der Waals surface area contributed by atoms with Crippen molar-refractivity contribution in [3.63, 3.8) is 0 Å². The third-order valence-corrected chi connectivity index (χ3v) is 3.67. The Morgan fingerprint density at radius 2 is 2.22 bits per heavy atom. The van der Waals surface area contributed by atoms with Gasteiger partial charge in [0.05, 0.1) is 6.26 Å². The Balaban J connectivity index is 2.45. The van der Waals surface area contributed by atoms with Crippen LogP contribution in [0.2, 0.25) is 0 Å². The number of hydrogen-bond acceptors (Lipinski definition) is 4. The summed E-state index contributed by atoms with van der Waals surface area (Å²) >= 11 is 0. The van der Waals surface area contributed by atoms with Crippen molar-refractivity contribution in [3.8, 4) is 12.3 Å². The molecule has 5 heteroatoms. The predicted molar refractivity (Wildman–Crippen MR) is 69.0 cm³/mol. The summed E-state index contributed by atoms with van der Waals surface area (Å²) in [6.07, 6.45) is 7.23. The average molecular weight is 265 g/mol. The second-order valence-corrected chi connectivity index (χ2v) is 6.15. The molecule has 1 aliphatic carbocycles. The van der Waals surface area contributed by atoms with E-state index in [1.165, 1.54) is 0 Å². The first-order valence-corrected chi connectivity index (χ1v) is 7.40. The van der Waals surface area contributed by atoms with Gasteiger partial charge < -0.3 is 0 Å². The number of hydrogen-bond donors (Lipinski definition) is 1. The molecule has 0 radical (unpaired) electrons. The van der Waals surface area contributed by atoms with Gasteiger partial charge in [0.1, 0.15) is 0 Å². The maximum Gasteiger partial charge on any atom is 0.266 e. The van der Waals surface area contributed by atoms with Crippen LogP contribution in [0.5, 0.6) is 0 Å². The zero-order chi connectivity index (χ0) is 13.4. The fourth-order valence-electron chi connectivity index (χ4n) is 2.50. The molecule has 0 unspecified atom stereocenters. The quantitative estimate of drug-likeness (QED) is 0.508. The molecule has 18 heavy (non-hydrogen) atoms. The molecular weight excluding hydrogens is 250 g/mol. The summed E-state index contributed by atoms with van der Waals surface area (Å²) < 4.78 is 27.7. The van der Waals surface area contributed by atoms with Crippen molar-refractivity contribution in [1.29, 1.82) is 0 Å². The van der Waals surface area contributed by atoms with Crippen LogP contribution in [-0.4, -0.2) is 14.7 Å². The van der Waals surface area contributed by atoms with Crippen LogP contribution in [0.1, 0.15) is 29.9 Å². The molecule has 0 saturated carbocycles. The molecule has 0 fully saturated rings. The van der Waals surface area contributed by atoms with Crippen LogP contribution in [0.25, 0.3) is 0 Å². The molecule has 0 spiro atoms. The number of rotatable bonds is 3. The number of benzene rings is 1. The molecule has 1 aromatic carbocycles. The third kappa shape index (κ3) is 2.41. The van der Waals surface area contributed by atoms with Gasteiger partial charge in [0.2, 0.25) is 0 Å². The Kier molecular flexibility index (Phi) is 3.20. The van der Waals surface area contributed by atoms with Crippen LogP contribution in [0.4, 0.5) is 0 Å². The Labute approximate surface area is 107 Å². The molecule has 0 aliphatic heterocycles. The third-order valence-electron chi connectivity index (χ3n) is 3.07. The molecule has 1 aromatic rings. The molecule has 0 bridgehead atoms. The largest absolute Gasteiger partial charge is 0.298 e. The Bertz CT molecular complexity index is 603. The number of terminal acetylenes is 1. The topological polar surface area (TPSA) is 69.4 Å². The highest BCUT2D eigenvalue weighted by Crippen LogP contribution is 2.45. The van der Waals surface area contributed by atoms with Crippen molar-refractivity contribution in [2.24, 2.45) is 5.73 Å². The summed E-state index contributed by atoms with van der Waals surface area (Å²) in [5.41, 5.74) is 6.49. The molecule has 2 N–H and O–H groups in total.